The third kappa shape index (κ3) is 6.00. The van der Waals surface area contributed by atoms with Gasteiger partial charge in [0.15, 0.2) is 5.82 Å². The SMILES string of the molecule is CC(C)CN(NC(=O)c1ccc(CN2CCCCC2)cc1)c1nc(C#N)ncc1Br. The molecule has 7 nitrogen and oxygen atoms in total. The molecule has 0 atom stereocenters. The zero-order chi connectivity index (χ0) is 21.5. The number of aromatic nitrogens is 2. The molecule has 1 fully saturated rings. The van der Waals surface area contributed by atoms with Gasteiger partial charge in [-0.1, -0.05) is 32.4 Å². The molecule has 0 spiro atoms. The van der Waals surface area contributed by atoms with Crippen molar-refractivity contribution < 1.29 is 4.79 Å². The lowest BCUT2D eigenvalue weighted by Gasteiger charge is -2.27. The molecule has 1 saturated heterocycles. The lowest BCUT2D eigenvalue weighted by atomic mass is 10.1. The van der Waals surface area contributed by atoms with E-state index in [9.17, 15) is 4.79 Å². The molecule has 158 valence electrons. The Bertz CT molecular complexity index is 903. The van der Waals surface area contributed by atoms with Crippen LogP contribution in [0.4, 0.5) is 5.82 Å². The highest BCUT2D eigenvalue weighted by Gasteiger charge is 2.19. The maximum atomic E-state index is 12.9. The van der Waals surface area contributed by atoms with Gasteiger partial charge in [-0.3, -0.25) is 20.1 Å². The first kappa shape index (κ1) is 22.2. The van der Waals surface area contributed by atoms with Gasteiger partial charge in [0.2, 0.25) is 5.82 Å². The van der Waals surface area contributed by atoms with Gasteiger partial charge in [-0.15, -0.1) is 0 Å². The number of halogens is 1. The largest absolute Gasteiger partial charge is 0.299 e. The first-order valence-electron chi connectivity index (χ1n) is 10.3. The molecule has 8 heteroatoms. The Morgan fingerprint density at radius 3 is 2.60 bits per heavy atom. The smallest absolute Gasteiger partial charge is 0.269 e. The number of hydrazine groups is 1. The number of amides is 1. The van der Waals surface area contributed by atoms with Crippen LogP contribution in [0.1, 0.15) is 54.9 Å². The van der Waals surface area contributed by atoms with Crippen LogP contribution in [-0.2, 0) is 6.54 Å². The molecule has 2 aromatic rings. The standard InChI is InChI=1S/C22H27BrN6O/c1-16(2)14-29(21-19(23)13-25-20(12-24)26-21)27-22(30)18-8-6-17(7-9-18)15-28-10-4-3-5-11-28/h6-9,13,16H,3-5,10-11,14-15H2,1-2H3,(H,27,30). The highest BCUT2D eigenvalue weighted by atomic mass is 79.9. The molecule has 1 aliphatic rings. The molecule has 0 bridgehead atoms. The lowest BCUT2D eigenvalue weighted by molar-refractivity contribution is 0.0947. The van der Waals surface area contributed by atoms with E-state index in [1.165, 1.54) is 31.0 Å². The van der Waals surface area contributed by atoms with Crippen molar-refractivity contribution in [3.05, 3.63) is 51.9 Å². The van der Waals surface area contributed by atoms with Crippen molar-refractivity contribution in [1.82, 2.24) is 20.3 Å². The third-order valence-electron chi connectivity index (χ3n) is 4.94. The van der Waals surface area contributed by atoms with Gasteiger partial charge in [0.25, 0.3) is 5.91 Å². The Morgan fingerprint density at radius 2 is 1.97 bits per heavy atom. The van der Waals surface area contributed by atoms with Gasteiger partial charge in [0.05, 0.1) is 4.47 Å². The number of hydrogen-bond acceptors (Lipinski definition) is 6. The van der Waals surface area contributed by atoms with Crippen LogP contribution in [0.15, 0.2) is 34.9 Å². The number of hydrogen-bond donors (Lipinski definition) is 1. The molecule has 0 saturated carbocycles. The summed E-state index contributed by atoms with van der Waals surface area (Å²) in [4.78, 5) is 23.6. The van der Waals surface area contributed by atoms with E-state index >= 15 is 0 Å². The van der Waals surface area contributed by atoms with Gasteiger partial charge in [0, 0.05) is 24.8 Å². The highest BCUT2D eigenvalue weighted by Crippen LogP contribution is 2.23. The van der Waals surface area contributed by atoms with Gasteiger partial charge in [0.1, 0.15) is 6.07 Å². The Hall–Kier alpha value is -2.50. The number of nitrogens with one attached hydrogen (secondary N) is 1. The summed E-state index contributed by atoms with van der Waals surface area (Å²) in [6.07, 6.45) is 5.37. The third-order valence-corrected chi connectivity index (χ3v) is 5.50. The van der Waals surface area contributed by atoms with E-state index in [0.717, 1.165) is 19.6 Å². The van der Waals surface area contributed by atoms with E-state index in [1.807, 2.05) is 30.3 Å². The van der Waals surface area contributed by atoms with Gasteiger partial charge >= 0.3 is 0 Å². The van der Waals surface area contributed by atoms with Crippen LogP contribution in [0.25, 0.3) is 0 Å². The first-order chi connectivity index (χ1) is 14.5. The second-order valence-electron chi connectivity index (χ2n) is 7.96. The van der Waals surface area contributed by atoms with Crippen LogP contribution in [0.5, 0.6) is 0 Å². The molecule has 3 rings (SSSR count). The van der Waals surface area contributed by atoms with Crippen molar-refractivity contribution in [3.63, 3.8) is 0 Å². The Morgan fingerprint density at radius 1 is 1.27 bits per heavy atom. The van der Waals surface area contributed by atoms with Crippen LogP contribution >= 0.6 is 15.9 Å². The van der Waals surface area contributed by atoms with E-state index in [2.05, 4.69) is 50.1 Å². The number of nitrogens with zero attached hydrogens (tertiary/aromatic N) is 5. The Labute approximate surface area is 186 Å². The molecule has 30 heavy (non-hydrogen) atoms. The Kier molecular flexibility index (Phi) is 7.77. The summed E-state index contributed by atoms with van der Waals surface area (Å²) in [5.41, 5.74) is 4.72. The van der Waals surface area contributed by atoms with Crippen molar-refractivity contribution in [2.24, 2.45) is 5.92 Å². The number of anilines is 1. The van der Waals surface area contributed by atoms with Crippen molar-refractivity contribution in [2.45, 2.75) is 39.7 Å². The molecule has 0 radical (unpaired) electrons. The summed E-state index contributed by atoms with van der Waals surface area (Å²) in [7, 11) is 0. The summed E-state index contributed by atoms with van der Waals surface area (Å²) in [6.45, 7) is 7.85. The molecule has 1 N–H and O–H groups in total. The monoisotopic (exact) mass is 470 g/mol. The van der Waals surface area contributed by atoms with Crippen LogP contribution in [0.3, 0.4) is 0 Å². The van der Waals surface area contributed by atoms with Crippen molar-refractivity contribution in [1.29, 1.82) is 5.26 Å². The molecular formula is C22H27BrN6O. The number of nitriles is 1. The summed E-state index contributed by atoms with van der Waals surface area (Å²) in [5.74, 6) is 0.567. The molecule has 0 unspecified atom stereocenters. The number of likely N-dealkylation sites (tertiary alicyclic amines) is 1. The minimum Gasteiger partial charge on any atom is -0.299 e. The van der Waals surface area contributed by atoms with Crippen LogP contribution in [0, 0.1) is 17.2 Å². The van der Waals surface area contributed by atoms with Crippen LogP contribution < -0.4 is 10.4 Å². The van der Waals surface area contributed by atoms with Crippen molar-refractivity contribution in [2.75, 3.05) is 24.6 Å². The van der Waals surface area contributed by atoms with Crippen molar-refractivity contribution in [3.8, 4) is 6.07 Å². The molecule has 1 aliphatic heterocycles. The number of carbonyl (C=O) groups is 1. The summed E-state index contributed by atoms with van der Waals surface area (Å²) >= 11 is 3.42. The first-order valence-corrected chi connectivity index (χ1v) is 11.1. The summed E-state index contributed by atoms with van der Waals surface area (Å²) in [6, 6.07) is 9.70. The van der Waals surface area contributed by atoms with Crippen LogP contribution in [-0.4, -0.2) is 40.4 Å². The predicted molar refractivity (Wildman–Crippen MR) is 120 cm³/mol. The zero-order valence-corrected chi connectivity index (χ0v) is 19.0. The van der Waals surface area contributed by atoms with E-state index in [-0.39, 0.29) is 17.6 Å². The van der Waals surface area contributed by atoms with Gasteiger partial charge in [-0.25, -0.2) is 4.98 Å². The average Bonchev–Trinajstić information content (AvgIpc) is 2.74. The predicted octanol–water partition coefficient (Wildman–Crippen LogP) is 3.90. The minimum atomic E-state index is -0.218. The van der Waals surface area contributed by atoms with E-state index in [4.69, 9.17) is 5.26 Å². The normalized spacial score (nSPS) is 14.4. The molecule has 1 amide bonds. The van der Waals surface area contributed by atoms with E-state index in [0.29, 0.717) is 22.4 Å². The lowest BCUT2D eigenvalue weighted by Crippen LogP contribution is -2.45. The summed E-state index contributed by atoms with van der Waals surface area (Å²) in [5, 5.41) is 10.8. The minimum absolute atomic E-state index is 0.0540. The van der Waals surface area contributed by atoms with Gasteiger partial charge < -0.3 is 0 Å². The fourth-order valence-corrected chi connectivity index (χ4v) is 3.88. The molecular weight excluding hydrogens is 444 g/mol. The van der Waals surface area contributed by atoms with Crippen LogP contribution in [0.2, 0.25) is 0 Å². The van der Waals surface area contributed by atoms with E-state index in [1.54, 1.807) is 5.01 Å². The number of piperidine rings is 1. The van der Waals surface area contributed by atoms with Gasteiger partial charge in [-0.05, 0) is 65.5 Å². The summed E-state index contributed by atoms with van der Waals surface area (Å²) < 4.78 is 0.610. The molecule has 2 heterocycles. The fraction of sp³-hybridized carbons (Fsp3) is 0.455. The highest BCUT2D eigenvalue weighted by molar-refractivity contribution is 9.10. The molecule has 0 aliphatic carbocycles. The Balaban J connectivity index is 1.71. The van der Waals surface area contributed by atoms with Gasteiger partial charge in [-0.2, -0.15) is 10.2 Å². The van der Waals surface area contributed by atoms with E-state index < -0.39 is 0 Å². The maximum absolute atomic E-state index is 12.9. The zero-order valence-electron chi connectivity index (χ0n) is 17.4. The number of rotatable bonds is 7. The second kappa shape index (κ2) is 10.5. The molecule has 1 aromatic heterocycles. The quantitative estimate of drug-likeness (QED) is 0.617. The number of carbonyl (C=O) groups excluding carboxylic acids is 1. The average molecular weight is 471 g/mol. The second-order valence-corrected chi connectivity index (χ2v) is 8.81. The molecule has 1 aromatic carbocycles. The maximum Gasteiger partial charge on any atom is 0.269 e. The number of benzene rings is 1. The fourth-order valence-electron chi connectivity index (χ4n) is 3.48. The van der Waals surface area contributed by atoms with Crippen molar-refractivity contribution >= 4 is 27.7 Å². The topological polar surface area (TPSA) is 85.2 Å².